The minimum Gasteiger partial charge on any atom is -0.378 e. The maximum atomic E-state index is 5.94. The van der Waals surface area contributed by atoms with E-state index < -0.39 is 0 Å². The van der Waals surface area contributed by atoms with E-state index >= 15 is 0 Å². The zero-order valence-corrected chi connectivity index (χ0v) is 17.1. The molecule has 6 nitrogen and oxygen atoms in total. The van der Waals surface area contributed by atoms with Crippen molar-refractivity contribution in [1.29, 1.82) is 0 Å². The van der Waals surface area contributed by atoms with Gasteiger partial charge >= 0.3 is 0 Å². The zero-order valence-electron chi connectivity index (χ0n) is 14.7. The molecule has 0 aliphatic carbocycles. The second-order valence-electron chi connectivity index (χ2n) is 6.57. The van der Waals surface area contributed by atoms with Crippen LogP contribution in [0.1, 0.15) is 39.0 Å². The highest BCUT2D eigenvalue weighted by Crippen LogP contribution is 2.21. The van der Waals surface area contributed by atoms with Crippen LogP contribution in [0.4, 0.5) is 0 Å². The molecule has 3 heterocycles. The molecule has 0 saturated carbocycles. The molecule has 3 rings (SSSR count). The molecule has 0 aromatic carbocycles. The first-order valence-electron chi connectivity index (χ1n) is 9.25. The minimum atomic E-state index is 0. The molecule has 1 N–H and O–H groups in total. The van der Waals surface area contributed by atoms with Gasteiger partial charge in [0.15, 0.2) is 5.96 Å². The van der Waals surface area contributed by atoms with Crippen LogP contribution in [-0.4, -0.2) is 75.2 Å². The van der Waals surface area contributed by atoms with Crippen molar-refractivity contribution in [3.63, 3.8) is 0 Å². The summed E-state index contributed by atoms with van der Waals surface area (Å²) in [6.07, 6.45) is 6.51. The molecule has 24 heavy (non-hydrogen) atoms. The molecular weight excluding hydrogens is 421 g/mol. The molecular formula is C17H32IN3O3. The Morgan fingerprint density at radius 1 is 1.08 bits per heavy atom. The SMILES string of the molecule is CCNC(=NCCC1CCCO1)N1CCOC(C2CCCO2)C1.I. The van der Waals surface area contributed by atoms with Gasteiger partial charge in [-0.3, -0.25) is 4.99 Å². The van der Waals surface area contributed by atoms with Crippen LogP contribution in [0.25, 0.3) is 0 Å². The van der Waals surface area contributed by atoms with E-state index in [0.717, 1.165) is 71.2 Å². The summed E-state index contributed by atoms with van der Waals surface area (Å²) in [4.78, 5) is 7.14. The van der Waals surface area contributed by atoms with Gasteiger partial charge in [0.1, 0.15) is 6.10 Å². The lowest BCUT2D eigenvalue weighted by atomic mass is 10.1. The first kappa shape index (κ1) is 20.2. The van der Waals surface area contributed by atoms with Crippen LogP contribution in [0.2, 0.25) is 0 Å². The van der Waals surface area contributed by atoms with Gasteiger partial charge in [0.2, 0.25) is 0 Å². The van der Waals surface area contributed by atoms with Crippen molar-refractivity contribution in [1.82, 2.24) is 10.2 Å². The summed E-state index contributed by atoms with van der Waals surface area (Å²) in [5.41, 5.74) is 0. The highest BCUT2D eigenvalue weighted by atomic mass is 127. The number of ether oxygens (including phenoxy) is 3. The predicted octanol–water partition coefficient (Wildman–Crippen LogP) is 2.02. The summed E-state index contributed by atoms with van der Waals surface area (Å²) in [5, 5.41) is 3.43. The number of hydrogen-bond acceptors (Lipinski definition) is 4. The highest BCUT2D eigenvalue weighted by molar-refractivity contribution is 14.0. The fourth-order valence-electron chi connectivity index (χ4n) is 3.60. The lowest BCUT2D eigenvalue weighted by Gasteiger charge is -2.37. The van der Waals surface area contributed by atoms with Crippen LogP contribution in [0, 0.1) is 0 Å². The van der Waals surface area contributed by atoms with Crippen LogP contribution in [0.5, 0.6) is 0 Å². The molecule has 7 heteroatoms. The fraction of sp³-hybridized carbons (Fsp3) is 0.941. The molecule has 3 aliphatic rings. The summed E-state index contributed by atoms with van der Waals surface area (Å²) in [6.45, 7) is 8.15. The maximum Gasteiger partial charge on any atom is 0.194 e. The van der Waals surface area contributed by atoms with Gasteiger partial charge in [-0.2, -0.15) is 0 Å². The van der Waals surface area contributed by atoms with Gasteiger partial charge in [-0.25, -0.2) is 0 Å². The molecule has 0 amide bonds. The first-order valence-corrected chi connectivity index (χ1v) is 9.25. The van der Waals surface area contributed by atoms with E-state index in [-0.39, 0.29) is 36.2 Å². The molecule has 0 aromatic heterocycles. The normalized spacial score (nSPS) is 31.1. The molecule has 0 bridgehead atoms. The average molecular weight is 453 g/mol. The molecule has 140 valence electrons. The van der Waals surface area contributed by atoms with Gasteiger partial charge in [0.05, 0.1) is 18.8 Å². The molecule has 0 aromatic rings. The van der Waals surface area contributed by atoms with Crippen LogP contribution in [0.3, 0.4) is 0 Å². The van der Waals surface area contributed by atoms with E-state index in [0.29, 0.717) is 6.10 Å². The van der Waals surface area contributed by atoms with Crippen LogP contribution < -0.4 is 5.32 Å². The van der Waals surface area contributed by atoms with Crippen molar-refractivity contribution in [3.05, 3.63) is 0 Å². The van der Waals surface area contributed by atoms with Crippen molar-refractivity contribution >= 4 is 29.9 Å². The standard InChI is InChI=1S/C17H31N3O3.HI/c1-2-18-17(19-8-7-14-5-3-10-21-14)20-9-12-23-16(13-20)15-6-4-11-22-15;/h14-16H,2-13H2,1H3,(H,18,19);1H. The van der Waals surface area contributed by atoms with Gasteiger partial charge in [-0.1, -0.05) is 0 Å². The van der Waals surface area contributed by atoms with Crippen LogP contribution >= 0.6 is 24.0 Å². The number of halogens is 1. The molecule has 3 aliphatic heterocycles. The Bertz CT molecular complexity index is 385. The largest absolute Gasteiger partial charge is 0.378 e. The third kappa shape index (κ3) is 5.71. The Hall–Kier alpha value is -0.120. The average Bonchev–Trinajstić information content (AvgIpc) is 3.28. The smallest absolute Gasteiger partial charge is 0.194 e. The van der Waals surface area contributed by atoms with Gasteiger partial charge in [0, 0.05) is 39.4 Å². The number of aliphatic imine (C=N–C) groups is 1. The number of morpholine rings is 1. The van der Waals surface area contributed by atoms with Gasteiger partial charge in [-0.15, -0.1) is 24.0 Å². The maximum absolute atomic E-state index is 5.94. The van der Waals surface area contributed by atoms with E-state index in [1.165, 1.54) is 12.8 Å². The van der Waals surface area contributed by atoms with E-state index in [2.05, 4.69) is 17.1 Å². The van der Waals surface area contributed by atoms with Crippen molar-refractivity contribution in [2.75, 3.05) is 46.0 Å². The monoisotopic (exact) mass is 453 g/mol. The topological polar surface area (TPSA) is 55.3 Å². The summed E-state index contributed by atoms with van der Waals surface area (Å²) in [7, 11) is 0. The lowest BCUT2D eigenvalue weighted by molar-refractivity contribution is -0.0817. The minimum absolute atomic E-state index is 0. The summed E-state index contributed by atoms with van der Waals surface area (Å²) < 4.78 is 17.4. The fourth-order valence-corrected chi connectivity index (χ4v) is 3.60. The second-order valence-corrected chi connectivity index (χ2v) is 6.57. The summed E-state index contributed by atoms with van der Waals surface area (Å²) in [6, 6.07) is 0. The van der Waals surface area contributed by atoms with Crippen LogP contribution in [-0.2, 0) is 14.2 Å². The van der Waals surface area contributed by atoms with Gasteiger partial charge in [-0.05, 0) is 39.0 Å². The van der Waals surface area contributed by atoms with E-state index in [9.17, 15) is 0 Å². The molecule has 3 atom stereocenters. The number of nitrogens with zero attached hydrogens (tertiary/aromatic N) is 2. The quantitative estimate of drug-likeness (QED) is 0.392. The van der Waals surface area contributed by atoms with Crippen molar-refractivity contribution in [2.24, 2.45) is 4.99 Å². The van der Waals surface area contributed by atoms with Gasteiger partial charge < -0.3 is 24.4 Å². The number of hydrogen-bond donors (Lipinski definition) is 1. The van der Waals surface area contributed by atoms with Crippen LogP contribution in [0.15, 0.2) is 4.99 Å². The van der Waals surface area contributed by atoms with Crippen molar-refractivity contribution < 1.29 is 14.2 Å². The van der Waals surface area contributed by atoms with E-state index in [1.807, 2.05) is 0 Å². The molecule has 3 saturated heterocycles. The molecule has 3 fully saturated rings. The Labute approximate surface area is 162 Å². The van der Waals surface area contributed by atoms with Crippen molar-refractivity contribution in [2.45, 2.75) is 57.3 Å². The first-order chi connectivity index (χ1) is 11.4. The van der Waals surface area contributed by atoms with E-state index in [4.69, 9.17) is 19.2 Å². The Morgan fingerprint density at radius 3 is 2.58 bits per heavy atom. The number of nitrogens with one attached hydrogen (secondary N) is 1. The highest BCUT2D eigenvalue weighted by Gasteiger charge is 2.32. The summed E-state index contributed by atoms with van der Waals surface area (Å²) >= 11 is 0. The molecule has 3 unspecified atom stereocenters. The third-order valence-corrected chi connectivity index (χ3v) is 4.84. The second kappa shape index (κ2) is 10.8. The molecule has 0 spiro atoms. The Morgan fingerprint density at radius 2 is 1.88 bits per heavy atom. The Balaban J connectivity index is 0.00000208. The number of rotatable bonds is 5. The van der Waals surface area contributed by atoms with Gasteiger partial charge in [0.25, 0.3) is 0 Å². The van der Waals surface area contributed by atoms with Crippen molar-refractivity contribution in [3.8, 4) is 0 Å². The number of guanidine groups is 1. The zero-order chi connectivity index (χ0) is 15.9. The molecule has 0 radical (unpaired) electrons. The third-order valence-electron chi connectivity index (χ3n) is 4.84. The Kier molecular flexibility index (Phi) is 9.07. The van der Waals surface area contributed by atoms with E-state index in [1.54, 1.807) is 0 Å². The summed E-state index contributed by atoms with van der Waals surface area (Å²) in [5.74, 6) is 1.01. The lowest BCUT2D eigenvalue weighted by Crippen LogP contribution is -2.53. The predicted molar refractivity (Wildman–Crippen MR) is 105 cm³/mol.